The number of anilines is 2. The number of nitrogens with one attached hydrogen (secondary N) is 1. The Morgan fingerprint density at radius 3 is 2.46 bits per heavy atom. The number of halogens is 1. The summed E-state index contributed by atoms with van der Waals surface area (Å²) in [7, 11) is -2.27. The lowest BCUT2D eigenvalue weighted by Gasteiger charge is -2.16. The molecule has 0 radical (unpaired) electrons. The molecule has 3 aromatic carbocycles. The van der Waals surface area contributed by atoms with E-state index in [0.717, 1.165) is 0 Å². The molecule has 1 aliphatic rings. The number of hydrogen-bond acceptors (Lipinski definition) is 4. The lowest BCUT2D eigenvalue weighted by atomic mass is 10.1. The van der Waals surface area contributed by atoms with Crippen LogP contribution in [0.4, 0.5) is 11.4 Å². The molecule has 0 aromatic heterocycles. The van der Waals surface area contributed by atoms with E-state index in [1.54, 1.807) is 37.4 Å². The summed E-state index contributed by atoms with van der Waals surface area (Å²) in [6, 6.07) is 17.9. The fraction of sp³-hybridized carbons (Fsp3) is 0.0500. The van der Waals surface area contributed by atoms with Crippen molar-refractivity contribution in [3.8, 4) is 11.5 Å². The molecule has 0 saturated heterocycles. The number of nitrogens with zero attached hydrogens (tertiary/aromatic N) is 1. The topological polar surface area (TPSA) is 75.7 Å². The van der Waals surface area contributed by atoms with Crippen molar-refractivity contribution in [3.63, 3.8) is 0 Å². The molecule has 3 aromatic rings. The maximum absolute atomic E-state index is 12.9. The maximum atomic E-state index is 12.9. The fourth-order valence-electron chi connectivity index (χ4n) is 2.95. The highest BCUT2D eigenvalue weighted by Crippen LogP contribution is 2.39. The number of carbonyl (C=O) groups excluding carboxylic acids is 1. The van der Waals surface area contributed by atoms with Gasteiger partial charge in [0.25, 0.3) is 15.9 Å². The molecule has 0 spiro atoms. The van der Waals surface area contributed by atoms with Crippen LogP contribution in [0.25, 0.3) is 0 Å². The van der Waals surface area contributed by atoms with E-state index in [9.17, 15) is 13.2 Å². The van der Waals surface area contributed by atoms with Crippen LogP contribution < -0.4 is 14.4 Å². The molecule has 142 valence electrons. The smallest absolute Gasteiger partial charge is 0.263 e. The quantitative estimate of drug-likeness (QED) is 0.683. The van der Waals surface area contributed by atoms with E-state index >= 15 is 0 Å². The third-order valence-electron chi connectivity index (χ3n) is 4.34. The summed E-state index contributed by atoms with van der Waals surface area (Å²) in [5.41, 5.74) is 1.11. The van der Waals surface area contributed by atoms with Crippen LogP contribution in [-0.4, -0.2) is 21.4 Å². The van der Waals surface area contributed by atoms with Crippen LogP contribution in [0.2, 0.25) is 5.02 Å². The van der Waals surface area contributed by atoms with Gasteiger partial charge in [-0.2, -0.15) is 0 Å². The van der Waals surface area contributed by atoms with Gasteiger partial charge in [-0.3, -0.25) is 9.52 Å². The Morgan fingerprint density at radius 2 is 1.68 bits per heavy atom. The highest BCUT2D eigenvalue weighted by Gasteiger charge is 2.26. The van der Waals surface area contributed by atoms with Crippen molar-refractivity contribution >= 4 is 38.9 Å². The van der Waals surface area contributed by atoms with Crippen molar-refractivity contribution in [2.24, 2.45) is 0 Å². The first kappa shape index (κ1) is 18.3. The molecule has 1 heterocycles. The monoisotopic (exact) mass is 414 g/mol. The molecule has 4 rings (SSSR count). The van der Waals surface area contributed by atoms with Crippen molar-refractivity contribution in [1.82, 2.24) is 0 Å². The molecule has 1 aliphatic heterocycles. The first-order valence-electron chi connectivity index (χ1n) is 8.33. The normalized spacial score (nSPS) is 13.2. The second-order valence-corrected chi connectivity index (χ2v) is 8.24. The second kappa shape index (κ2) is 6.85. The van der Waals surface area contributed by atoms with Gasteiger partial charge in [0.15, 0.2) is 5.75 Å². The lowest BCUT2D eigenvalue weighted by Crippen LogP contribution is -2.25. The first-order chi connectivity index (χ1) is 13.4. The average Bonchev–Trinajstić information content (AvgIpc) is 2.78. The third kappa shape index (κ3) is 3.19. The number of benzene rings is 3. The van der Waals surface area contributed by atoms with Crippen molar-refractivity contribution in [2.75, 3.05) is 16.7 Å². The molecular formula is C20H15ClN2O4S. The molecular weight excluding hydrogens is 400 g/mol. The second-order valence-electron chi connectivity index (χ2n) is 6.18. The summed E-state index contributed by atoms with van der Waals surface area (Å²) in [5.74, 6) is 0.586. The van der Waals surface area contributed by atoms with Crippen LogP contribution >= 0.6 is 11.6 Å². The Bertz CT molecular complexity index is 1190. The van der Waals surface area contributed by atoms with E-state index in [1.807, 2.05) is 12.1 Å². The average molecular weight is 415 g/mol. The Kier molecular flexibility index (Phi) is 4.49. The van der Waals surface area contributed by atoms with E-state index in [-0.39, 0.29) is 27.1 Å². The number of ether oxygens (including phenoxy) is 1. The number of rotatable bonds is 3. The highest BCUT2D eigenvalue weighted by atomic mass is 35.5. The minimum atomic E-state index is -3.91. The Morgan fingerprint density at radius 1 is 0.964 bits per heavy atom. The number of fused-ring (bicyclic) bond motifs is 2. The number of hydrogen-bond donors (Lipinski definition) is 1. The zero-order valence-electron chi connectivity index (χ0n) is 14.7. The van der Waals surface area contributed by atoms with E-state index in [0.29, 0.717) is 17.2 Å². The van der Waals surface area contributed by atoms with Crippen LogP contribution in [0, 0.1) is 0 Å². The zero-order chi connectivity index (χ0) is 19.9. The zero-order valence-corrected chi connectivity index (χ0v) is 16.3. The first-order valence-corrected chi connectivity index (χ1v) is 10.2. The van der Waals surface area contributed by atoms with E-state index in [1.165, 1.54) is 29.2 Å². The van der Waals surface area contributed by atoms with Crippen molar-refractivity contribution < 1.29 is 17.9 Å². The van der Waals surface area contributed by atoms with Crippen LogP contribution in [0.15, 0.2) is 71.6 Å². The molecule has 0 unspecified atom stereocenters. The number of para-hydroxylation sites is 2. The van der Waals surface area contributed by atoms with Gasteiger partial charge in [-0.15, -0.1) is 0 Å². The van der Waals surface area contributed by atoms with Gasteiger partial charge in [-0.25, -0.2) is 8.42 Å². The van der Waals surface area contributed by atoms with E-state index in [2.05, 4.69) is 4.72 Å². The number of amides is 1. The maximum Gasteiger partial charge on any atom is 0.263 e. The van der Waals surface area contributed by atoms with E-state index < -0.39 is 10.0 Å². The molecule has 0 aliphatic carbocycles. The van der Waals surface area contributed by atoms with Crippen molar-refractivity contribution in [1.29, 1.82) is 0 Å². The Balaban J connectivity index is 1.72. The van der Waals surface area contributed by atoms with Crippen LogP contribution in [0.3, 0.4) is 0 Å². The van der Waals surface area contributed by atoms with Gasteiger partial charge in [0.2, 0.25) is 0 Å². The van der Waals surface area contributed by atoms with Gasteiger partial charge in [-0.05, 0) is 42.5 Å². The molecule has 0 atom stereocenters. The summed E-state index contributed by atoms with van der Waals surface area (Å²) in [4.78, 5) is 14.3. The fourth-order valence-corrected chi connectivity index (χ4v) is 4.52. The van der Waals surface area contributed by atoms with Gasteiger partial charge in [0.1, 0.15) is 10.6 Å². The van der Waals surface area contributed by atoms with Crippen molar-refractivity contribution in [2.45, 2.75) is 4.90 Å². The molecule has 0 bridgehead atoms. The molecule has 1 amide bonds. The standard InChI is InChI=1S/C20H15ClN2O4S/c1-23-16-7-3-4-8-18(16)27-17-11-10-13(12-14(17)20(23)24)22-28(25,26)19-9-5-2-6-15(19)21/h2-12,22H,1H3. The Hall–Kier alpha value is -3.03. The SMILES string of the molecule is CN1C(=O)c2cc(NS(=O)(=O)c3ccccc3Cl)ccc2Oc2ccccc21. The predicted molar refractivity (Wildman–Crippen MR) is 108 cm³/mol. The molecule has 0 saturated carbocycles. The summed E-state index contributed by atoms with van der Waals surface area (Å²) >= 11 is 6.01. The summed E-state index contributed by atoms with van der Waals surface area (Å²) < 4.78 is 33.7. The number of carbonyl (C=O) groups is 1. The third-order valence-corrected chi connectivity index (χ3v) is 6.22. The van der Waals surface area contributed by atoms with Crippen molar-refractivity contribution in [3.05, 3.63) is 77.3 Å². The lowest BCUT2D eigenvalue weighted by molar-refractivity contribution is 0.0993. The number of sulfonamides is 1. The molecule has 0 fully saturated rings. The molecule has 28 heavy (non-hydrogen) atoms. The van der Waals surface area contributed by atoms with Gasteiger partial charge >= 0.3 is 0 Å². The summed E-state index contributed by atoms with van der Waals surface area (Å²) in [6.45, 7) is 0. The van der Waals surface area contributed by atoms with Crippen LogP contribution in [-0.2, 0) is 10.0 Å². The van der Waals surface area contributed by atoms with Gasteiger partial charge < -0.3 is 9.64 Å². The van der Waals surface area contributed by atoms with Gasteiger partial charge in [0.05, 0.1) is 16.3 Å². The minimum Gasteiger partial charge on any atom is -0.454 e. The Labute approximate surface area is 167 Å². The summed E-state index contributed by atoms with van der Waals surface area (Å²) in [6.07, 6.45) is 0. The summed E-state index contributed by atoms with van der Waals surface area (Å²) in [5, 5.41) is 0.111. The minimum absolute atomic E-state index is 0.0429. The predicted octanol–water partition coefficient (Wildman–Crippen LogP) is 4.52. The molecule has 8 heteroatoms. The molecule has 6 nitrogen and oxygen atoms in total. The highest BCUT2D eigenvalue weighted by molar-refractivity contribution is 7.92. The van der Waals surface area contributed by atoms with Gasteiger partial charge in [-0.1, -0.05) is 35.9 Å². The van der Waals surface area contributed by atoms with E-state index in [4.69, 9.17) is 16.3 Å². The van der Waals surface area contributed by atoms with Crippen LogP contribution in [0.1, 0.15) is 10.4 Å². The van der Waals surface area contributed by atoms with Gasteiger partial charge in [0, 0.05) is 12.7 Å². The largest absolute Gasteiger partial charge is 0.454 e. The van der Waals surface area contributed by atoms with Crippen LogP contribution in [0.5, 0.6) is 11.5 Å². The molecule has 1 N–H and O–H groups in total.